The average Bonchev–Trinajstić information content (AvgIpc) is 2.71. The van der Waals surface area contributed by atoms with Gasteiger partial charge >= 0.3 is 5.97 Å². The van der Waals surface area contributed by atoms with E-state index in [2.05, 4.69) is 9.97 Å². The number of rotatable bonds is 3. The molecule has 0 aliphatic rings. The van der Waals surface area contributed by atoms with Crippen molar-refractivity contribution in [2.75, 3.05) is 0 Å². The maximum atomic E-state index is 10.4. The monoisotopic (exact) mass is 204 g/mol. The summed E-state index contributed by atoms with van der Waals surface area (Å²) in [5, 5.41) is 8.53. The molecule has 0 radical (unpaired) electrons. The Labute approximate surface area is 85.4 Å². The molecule has 0 amide bonds. The Hall–Kier alpha value is -2.17. The summed E-state index contributed by atoms with van der Waals surface area (Å²) in [6.45, 7) is 0. The van der Waals surface area contributed by atoms with E-state index in [0.29, 0.717) is 17.1 Å². The lowest BCUT2D eigenvalue weighted by Crippen LogP contribution is -2.02. The van der Waals surface area contributed by atoms with E-state index in [1.54, 1.807) is 18.4 Å². The van der Waals surface area contributed by atoms with Gasteiger partial charge in [0.25, 0.3) is 0 Å². The van der Waals surface area contributed by atoms with Gasteiger partial charge in [-0.15, -0.1) is 0 Å². The molecule has 2 rings (SSSR count). The number of aliphatic carboxylic acids is 1. The normalized spacial score (nSPS) is 10.1. The third kappa shape index (κ3) is 2.19. The van der Waals surface area contributed by atoms with E-state index in [0.717, 1.165) is 0 Å². The number of carboxylic acids is 1. The molecule has 2 aromatic rings. The first-order valence-corrected chi connectivity index (χ1v) is 4.32. The van der Waals surface area contributed by atoms with Gasteiger partial charge < -0.3 is 9.52 Å². The van der Waals surface area contributed by atoms with Crippen LogP contribution in [0.25, 0.3) is 11.5 Å². The van der Waals surface area contributed by atoms with Crippen LogP contribution in [0.2, 0.25) is 0 Å². The van der Waals surface area contributed by atoms with E-state index in [-0.39, 0.29) is 6.42 Å². The van der Waals surface area contributed by atoms with E-state index in [1.807, 2.05) is 0 Å². The van der Waals surface area contributed by atoms with Crippen LogP contribution in [0.5, 0.6) is 0 Å². The van der Waals surface area contributed by atoms with Gasteiger partial charge in [-0.25, -0.2) is 4.98 Å². The molecule has 15 heavy (non-hydrogen) atoms. The lowest BCUT2D eigenvalue weighted by Gasteiger charge is -1.97. The van der Waals surface area contributed by atoms with Gasteiger partial charge in [-0.1, -0.05) is 0 Å². The molecular formula is C10H8N2O3. The van der Waals surface area contributed by atoms with Crippen LogP contribution in [-0.4, -0.2) is 21.0 Å². The van der Waals surface area contributed by atoms with E-state index in [1.165, 1.54) is 12.4 Å². The summed E-state index contributed by atoms with van der Waals surface area (Å²) in [5.74, 6) is -0.306. The van der Waals surface area contributed by atoms with Gasteiger partial charge in [0.15, 0.2) is 5.76 Å². The van der Waals surface area contributed by atoms with Gasteiger partial charge in [0, 0.05) is 6.20 Å². The van der Waals surface area contributed by atoms with E-state index in [9.17, 15) is 4.79 Å². The third-order valence-electron chi connectivity index (χ3n) is 1.81. The molecule has 0 fully saturated rings. The van der Waals surface area contributed by atoms with Crippen molar-refractivity contribution in [1.29, 1.82) is 0 Å². The number of nitrogens with zero attached hydrogens (tertiary/aromatic N) is 2. The van der Waals surface area contributed by atoms with Crippen LogP contribution in [0, 0.1) is 0 Å². The predicted octanol–water partition coefficient (Wildman–Crippen LogP) is 1.36. The van der Waals surface area contributed by atoms with Crippen molar-refractivity contribution in [3.05, 3.63) is 36.5 Å². The first kappa shape index (κ1) is 9.39. The van der Waals surface area contributed by atoms with Crippen molar-refractivity contribution in [2.45, 2.75) is 6.42 Å². The average molecular weight is 204 g/mol. The maximum absolute atomic E-state index is 10.4. The van der Waals surface area contributed by atoms with Crippen molar-refractivity contribution in [1.82, 2.24) is 9.97 Å². The van der Waals surface area contributed by atoms with E-state index < -0.39 is 5.97 Å². The van der Waals surface area contributed by atoms with Crippen LogP contribution in [-0.2, 0) is 11.2 Å². The lowest BCUT2D eigenvalue weighted by atomic mass is 10.3. The molecule has 0 bridgehead atoms. The number of carbonyl (C=O) groups is 1. The van der Waals surface area contributed by atoms with Gasteiger partial charge in [0.1, 0.15) is 5.69 Å². The molecule has 0 atom stereocenters. The molecule has 0 aromatic carbocycles. The summed E-state index contributed by atoms with van der Waals surface area (Å²) >= 11 is 0. The molecule has 0 saturated carbocycles. The summed E-state index contributed by atoms with van der Waals surface area (Å²) in [7, 11) is 0. The highest BCUT2D eigenvalue weighted by atomic mass is 16.4. The standard InChI is InChI=1S/C10H8N2O3/c13-10(14)4-7-5-12-8(6-11-7)9-2-1-3-15-9/h1-3,5-6H,4H2,(H,13,14). The molecule has 0 spiro atoms. The van der Waals surface area contributed by atoms with Gasteiger partial charge in [0.05, 0.1) is 24.6 Å². The predicted molar refractivity (Wildman–Crippen MR) is 51.1 cm³/mol. The largest absolute Gasteiger partial charge is 0.481 e. The first-order valence-electron chi connectivity index (χ1n) is 4.32. The molecule has 2 heterocycles. The molecule has 0 aliphatic heterocycles. The second-order valence-electron chi connectivity index (χ2n) is 2.94. The molecule has 1 N–H and O–H groups in total. The Kier molecular flexibility index (Phi) is 2.45. The van der Waals surface area contributed by atoms with Crippen LogP contribution in [0.4, 0.5) is 0 Å². The summed E-state index contributed by atoms with van der Waals surface area (Å²) in [4.78, 5) is 18.4. The van der Waals surface area contributed by atoms with Gasteiger partial charge in [-0.05, 0) is 12.1 Å². The molecule has 0 aliphatic carbocycles. The Morgan fingerprint density at radius 2 is 2.27 bits per heavy atom. The summed E-state index contributed by atoms with van der Waals surface area (Å²) < 4.78 is 5.12. The van der Waals surface area contributed by atoms with E-state index >= 15 is 0 Å². The van der Waals surface area contributed by atoms with Crippen LogP contribution in [0.1, 0.15) is 5.69 Å². The van der Waals surface area contributed by atoms with Crippen LogP contribution < -0.4 is 0 Å². The van der Waals surface area contributed by atoms with Gasteiger partial charge in [-0.3, -0.25) is 9.78 Å². The van der Waals surface area contributed by atoms with Crippen LogP contribution in [0.15, 0.2) is 35.2 Å². The third-order valence-corrected chi connectivity index (χ3v) is 1.81. The van der Waals surface area contributed by atoms with Crippen molar-refractivity contribution >= 4 is 5.97 Å². The van der Waals surface area contributed by atoms with Gasteiger partial charge in [-0.2, -0.15) is 0 Å². The Balaban J connectivity index is 2.21. The molecule has 5 heteroatoms. The quantitative estimate of drug-likeness (QED) is 0.816. The SMILES string of the molecule is O=C(O)Cc1cnc(-c2ccco2)cn1. The number of furan rings is 1. The molecule has 0 saturated heterocycles. The highest BCUT2D eigenvalue weighted by Crippen LogP contribution is 2.15. The number of hydrogen-bond donors (Lipinski definition) is 1. The minimum atomic E-state index is -0.921. The fourth-order valence-corrected chi connectivity index (χ4v) is 1.15. The van der Waals surface area contributed by atoms with Gasteiger partial charge in [0.2, 0.25) is 0 Å². The smallest absolute Gasteiger partial charge is 0.309 e. The summed E-state index contributed by atoms with van der Waals surface area (Å²) in [6.07, 6.45) is 4.36. The van der Waals surface area contributed by atoms with E-state index in [4.69, 9.17) is 9.52 Å². The number of carboxylic acid groups (broad SMARTS) is 1. The van der Waals surface area contributed by atoms with Crippen LogP contribution >= 0.6 is 0 Å². The Morgan fingerprint density at radius 3 is 2.80 bits per heavy atom. The zero-order valence-corrected chi connectivity index (χ0v) is 7.75. The number of hydrogen-bond acceptors (Lipinski definition) is 4. The lowest BCUT2D eigenvalue weighted by molar-refractivity contribution is -0.136. The molecular weight excluding hydrogens is 196 g/mol. The highest BCUT2D eigenvalue weighted by Gasteiger charge is 2.05. The second-order valence-corrected chi connectivity index (χ2v) is 2.94. The zero-order valence-electron chi connectivity index (χ0n) is 7.75. The van der Waals surface area contributed by atoms with Crippen molar-refractivity contribution in [2.24, 2.45) is 0 Å². The summed E-state index contributed by atoms with van der Waals surface area (Å²) in [6, 6.07) is 3.52. The van der Waals surface area contributed by atoms with Crippen molar-refractivity contribution in [3.8, 4) is 11.5 Å². The minimum absolute atomic E-state index is 0.120. The molecule has 2 aromatic heterocycles. The Bertz CT molecular complexity index is 448. The molecule has 0 unspecified atom stereocenters. The molecule has 5 nitrogen and oxygen atoms in total. The number of aromatic nitrogens is 2. The topological polar surface area (TPSA) is 76.2 Å². The summed E-state index contributed by atoms with van der Waals surface area (Å²) in [5.41, 5.74) is 1.02. The fraction of sp³-hybridized carbons (Fsp3) is 0.100. The van der Waals surface area contributed by atoms with Crippen molar-refractivity contribution in [3.63, 3.8) is 0 Å². The minimum Gasteiger partial charge on any atom is -0.481 e. The highest BCUT2D eigenvalue weighted by molar-refractivity contribution is 5.69. The second kappa shape index (κ2) is 3.91. The maximum Gasteiger partial charge on any atom is 0.309 e. The first-order chi connectivity index (χ1) is 7.25. The molecule has 76 valence electrons. The van der Waals surface area contributed by atoms with Crippen LogP contribution in [0.3, 0.4) is 0 Å². The van der Waals surface area contributed by atoms with Crippen molar-refractivity contribution < 1.29 is 14.3 Å². The zero-order chi connectivity index (χ0) is 10.7. The Morgan fingerprint density at radius 1 is 1.40 bits per heavy atom. The fourth-order valence-electron chi connectivity index (χ4n) is 1.15.